The van der Waals surface area contributed by atoms with Gasteiger partial charge in [-0.25, -0.2) is 0 Å². The number of hydrogen-bond donors (Lipinski definition) is 2. The van der Waals surface area contributed by atoms with Crippen molar-refractivity contribution in [2.45, 2.75) is 116 Å². The number of aliphatic hydroxyl groups is 2. The lowest BCUT2D eigenvalue weighted by molar-refractivity contribution is -0.178. The van der Waals surface area contributed by atoms with Crippen molar-refractivity contribution in [3.05, 3.63) is 23.3 Å². The molecule has 0 aromatic heterocycles. The van der Waals surface area contributed by atoms with Gasteiger partial charge >= 0.3 is 5.97 Å². The molecule has 6 aliphatic rings. The third-order valence-corrected chi connectivity index (χ3v) is 13.8. The van der Waals surface area contributed by atoms with Gasteiger partial charge in [0.25, 0.3) is 5.91 Å². The van der Waals surface area contributed by atoms with Crippen LogP contribution < -0.4 is 0 Å². The second-order valence-electron chi connectivity index (χ2n) is 15.6. The van der Waals surface area contributed by atoms with Crippen molar-refractivity contribution in [3.8, 4) is 0 Å². The fraction of sp³-hybridized carbons (Fsp3) is 0.824. The zero-order valence-corrected chi connectivity index (χ0v) is 26.1. The molecule has 228 valence electrons. The van der Waals surface area contributed by atoms with Gasteiger partial charge in [-0.3, -0.25) is 9.59 Å². The van der Waals surface area contributed by atoms with Crippen LogP contribution in [0.25, 0.3) is 0 Å². The average molecular weight is 570 g/mol. The van der Waals surface area contributed by atoms with Gasteiger partial charge in [0.2, 0.25) is 0 Å². The smallest absolute Gasteiger partial charge is 0.313 e. The highest BCUT2D eigenvalue weighted by Gasteiger charge is 2.76. The van der Waals surface area contributed by atoms with Gasteiger partial charge in [0.15, 0.2) is 5.60 Å². The summed E-state index contributed by atoms with van der Waals surface area (Å²) in [6, 6.07) is 0. The predicted octanol–water partition coefficient (Wildman–Crippen LogP) is 4.95. The number of carbonyl (C=O) groups excluding carboxylic acids is 2. The number of nitrogens with zero attached hydrogens (tertiary/aromatic N) is 1. The Bertz CT molecular complexity index is 1190. The molecule has 1 saturated heterocycles. The number of rotatable bonds is 7. The maximum atomic E-state index is 14.5. The largest absolute Gasteiger partial charge is 0.448 e. The van der Waals surface area contributed by atoms with Gasteiger partial charge in [-0.2, -0.15) is 0 Å². The number of amides is 1. The lowest BCUT2D eigenvalue weighted by Gasteiger charge is -2.56. The minimum absolute atomic E-state index is 0.0831. The molecule has 2 bridgehead atoms. The Kier molecular flexibility index (Phi) is 6.73. The maximum Gasteiger partial charge on any atom is 0.313 e. The van der Waals surface area contributed by atoms with Gasteiger partial charge in [-0.15, -0.1) is 0 Å². The fourth-order valence-corrected chi connectivity index (χ4v) is 10.3. The monoisotopic (exact) mass is 569 g/mol. The van der Waals surface area contributed by atoms with Crippen LogP contribution in [0.5, 0.6) is 0 Å². The van der Waals surface area contributed by atoms with E-state index in [-0.39, 0.29) is 41.3 Å². The molecule has 6 rings (SSSR count). The van der Waals surface area contributed by atoms with Crippen molar-refractivity contribution >= 4 is 11.9 Å². The molecule has 0 aromatic carbocycles. The number of fused-ring (bicyclic) bond motifs is 7. The Hall–Kier alpha value is -1.70. The van der Waals surface area contributed by atoms with E-state index in [4.69, 9.17) is 9.47 Å². The van der Waals surface area contributed by atoms with E-state index < -0.39 is 22.0 Å². The number of carbonyl (C=O) groups is 2. The van der Waals surface area contributed by atoms with E-state index in [9.17, 15) is 19.8 Å². The van der Waals surface area contributed by atoms with Crippen LogP contribution in [0.4, 0.5) is 0 Å². The van der Waals surface area contributed by atoms with Crippen LogP contribution in [0.3, 0.4) is 0 Å². The summed E-state index contributed by atoms with van der Waals surface area (Å²) < 4.78 is 11.3. The predicted molar refractivity (Wildman–Crippen MR) is 156 cm³/mol. The molecule has 0 radical (unpaired) electrons. The molecule has 2 N–H and O–H groups in total. The van der Waals surface area contributed by atoms with Crippen LogP contribution in [0.2, 0.25) is 0 Å². The molecule has 4 saturated carbocycles. The van der Waals surface area contributed by atoms with Gasteiger partial charge < -0.3 is 24.6 Å². The van der Waals surface area contributed by atoms with Gasteiger partial charge in [0.1, 0.15) is 0 Å². The van der Waals surface area contributed by atoms with Crippen molar-refractivity contribution in [3.63, 3.8) is 0 Å². The number of ether oxygens (including phenoxy) is 2. The lowest BCUT2D eigenvalue weighted by atomic mass is 9.50. The lowest BCUT2D eigenvalue weighted by Crippen LogP contribution is -2.61. The SMILES string of the molecule is COCCCN(CC1(O)CCC2C3=CC=C4CC(O)CCC4(C)C3CCC21C)C(=O)C12CCC(C)(C(=O)O1)C2(C)C. The Balaban J connectivity index is 1.30. The number of methoxy groups -OCH3 is 1. The molecular weight excluding hydrogens is 518 g/mol. The first kappa shape index (κ1) is 29.4. The van der Waals surface area contributed by atoms with Crippen LogP contribution in [0.15, 0.2) is 23.3 Å². The number of aliphatic hydroxyl groups excluding tert-OH is 1. The first-order chi connectivity index (χ1) is 19.2. The summed E-state index contributed by atoms with van der Waals surface area (Å²) in [4.78, 5) is 29.4. The second-order valence-corrected chi connectivity index (χ2v) is 15.6. The maximum absolute atomic E-state index is 14.5. The second kappa shape index (κ2) is 9.40. The summed E-state index contributed by atoms with van der Waals surface area (Å²) in [6.07, 6.45) is 12.3. The summed E-state index contributed by atoms with van der Waals surface area (Å²) >= 11 is 0. The van der Waals surface area contributed by atoms with E-state index in [2.05, 4.69) is 26.0 Å². The van der Waals surface area contributed by atoms with E-state index in [0.29, 0.717) is 44.8 Å². The van der Waals surface area contributed by atoms with Crippen LogP contribution >= 0.6 is 0 Å². The molecule has 1 aliphatic heterocycles. The standard InChI is InChI=1S/C34H51NO6/c1-29(2)32(5)16-17-34(29,41-28(32)38)27(37)35(18-7-19-40-6)21-33(39)15-12-26-24-9-8-22-20-23(36)10-13-30(22,3)25(24)11-14-31(26,33)4/h8-9,23,25-26,36,39H,7,10-21H2,1-6H3. The molecule has 1 amide bonds. The van der Waals surface area contributed by atoms with Crippen LogP contribution in [0, 0.1) is 33.5 Å². The van der Waals surface area contributed by atoms with Gasteiger partial charge in [0.05, 0.1) is 23.7 Å². The fourth-order valence-electron chi connectivity index (χ4n) is 10.3. The topological polar surface area (TPSA) is 96.3 Å². The Labute approximate surface area is 245 Å². The normalized spacial score (nSPS) is 45.8. The summed E-state index contributed by atoms with van der Waals surface area (Å²) in [5, 5.41) is 22.9. The summed E-state index contributed by atoms with van der Waals surface area (Å²) in [6.45, 7) is 11.8. The Morgan fingerprint density at radius 2 is 1.76 bits per heavy atom. The third kappa shape index (κ3) is 3.73. The molecule has 0 spiro atoms. The first-order valence-corrected chi connectivity index (χ1v) is 16.0. The van der Waals surface area contributed by atoms with Crippen LogP contribution in [-0.2, 0) is 19.1 Å². The highest BCUT2D eigenvalue weighted by molar-refractivity contribution is 5.96. The highest BCUT2D eigenvalue weighted by Crippen LogP contribution is 2.68. The number of allylic oxidation sites excluding steroid dienone is 3. The number of esters is 1. The van der Waals surface area contributed by atoms with Crippen molar-refractivity contribution in [2.75, 3.05) is 26.8 Å². The zero-order valence-electron chi connectivity index (χ0n) is 26.1. The summed E-state index contributed by atoms with van der Waals surface area (Å²) in [5.74, 6) is 0.283. The van der Waals surface area contributed by atoms with Crippen molar-refractivity contribution < 1.29 is 29.3 Å². The van der Waals surface area contributed by atoms with Crippen molar-refractivity contribution in [1.82, 2.24) is 4.90 Å². The molecule has 5 aliphatic carbocycles. The Morgan fingerprint density at radius 3 is 2.41 bits per heavy atom. The van der Waals surface area contributed by atoms with Crippen molar-refractivity contribution in [1.29, 1.82) is 0 Å². The molecule has 5 fully saturated rings. The molecule has 41 heavy (non-hydrogen) atoms. The molecule has 7 heteroatoms. The van der Waals surface area contributed by atoms with E-state index in [1.165, 1.54) is 11.1 Å². The zero-order chi connectivity index (χ0) is 29.6. The van der Waals surface area contributed by atoms with Gasteiger partial charge in [-0.05, 0) is 88.4 Å². The van der Waals surface area contributed by atoms with E-state index in [1.54, 1.807) is 7.11 Å². The van der Waals surface area contributed by atoms with E-state index >= 15 is 0 Å². The first-order valence-electron chi connectivity index (χ1n) is 16.0. The molecule has 8 unspecified atom stereocenters. The Morgan fingerprint density at radius 1 is 1.02 bits per heavy atom. The molecule has 1 heterocycles. The van der Waals surface area contributed by atoms with Gasteiger partial charge in [-0.1, -0.05) is 51.0 Å². The molecular formula is C34H51NO6. The molecule has 0 aromatic rings. The highest BCUT2D eigenvalue weighted by atomic mass is 16.6. The minimum Gasteiger partial charge on any atom is -0.448 e. The third-order valence-electron chi connectivity index (χ3n) is 13.8. The van der Waals surface area contributed by atoms with E-state index in [1.807, 2.05) is 25.7 Å². The summed E-state index contributed by atoms with van der Waals surface area (Å²) in [7, 11) is 1.66. The number of hydrogen-bond acceptors (Lipinski definition) is 6. The van der Waals surface area contributed by atoms with E-state index in [0.717, 1.165) is 38.5 Å². The van der Waals surface area contributed by atoms with Gasteiger partial charge in [0, 0.05) is 31.1 Å². The summed E-state index contributed by atoms with van der Waals surface area (Å²) in [5.41, 5.74) is -0.952. The van der Waals surface area contributed by atoms with Crippen molar-refractivity contribution in [2.24, 2.45) is 33.5 Å². The molecule has 8 atom stereocenters. The average Bonchev–Trinajstić information content (AvgIpc) is 3.37. The minimum atomic E-state index is -1.19. The van der Waals surface area contributed by atoms with Crippen LogP contribution in [0.1, 0.15) is 98.8 Å². The molecule has 7 nitrogen and oxygen atoms in total. The quantitative estimate of drug-likeness (QED) is 0.333. The van der Waals surface area contributed by atoms with Crippen LogP contribution in [-0.4, -0.2) is 71.1 Å².